The number of thiophene rings is 1. The summed E-state index contributed by atoms with van der Waals surface area (Å²) < 4.78 is 30.1. The zero-order chi connectivity index (χ0) is 23.7. The first kappa shape index (κ1) is 24.2. The molecule has 1 aliphatic heterocycles. The molecule has 2 aromatic rings. The zero-order valence-electron chi connectivity index (χ0n) is 19.0. The lowest BCUT2D eigenvalue weighted by molar-refractivity contribution is -0.116. The van der Waals surface area contributed by atoms with Crippen molar-refractivity contribution in [1.82, 2.24) is 5.32 Å². The summed E-state index contributed by atoms with van der Waals surface area (Å²) in [5.74, 6) is 0.149. The molecular weight excluding hydrogens is 446 g/mol. The number of sulfone groups is 1. The van der Waals surface area contributed by atoms with Gasteiger partial charge in [-0.25, -0.2) is 8.42 Å². The van der Waals surface area contributed by atoms with Crippen molar-refractivity contribution in [3.8, 4) is 11.8 Å². The smallest absolute Gasteiger partial charge is 0.225 e. The summed E-state index contributed by atoms with van der Waals surface area (Å²) in [6, 6.07) is 8.45. The quantitative estimate of drug-likeness (QED) is 0.627. The molecule has 0 unspecified atom stereocenters. The minimum atomic E-state index is -3.49. The third-order valence-corrected chi connectivity index (χ3v) is 8.73. The van der Waals surface area contributed by atoms with E-state index >= 15 is 0 Å². The van der Waals surface area contributed by atoms with Gasteiger partial charge in [0.1, 0.15) is 16.8 Å². The monoisotopic (exact) mass is 475 g/mol. The zero-order valence-corrected chi connectivity index (χ0v) is 20.7. The molecule has 9 heteroatoms. The van der Waals surface area contributed by atoms with Crippen LogP contribution in [0.5, 0.6) is 5.75 Å². The Morgan fingerprint density at radius 3 is 2.50 bits per heavy atom. The number of carbonyl (C=O) groups is 1. The van der Waals surface area contributed by atoms with Gasteiger partial charge in [0.05, 0.1) is 23.3 Å². The van der Waals surface area contributed by atoms with E-state index < -0.39 is 9.84 Å². The van der Waals surface area contributed by atoms with E-state index in [1.54, 1.807) is 12.1 Å². The molecule has 0 spiro atoms. The van der Waals surface area contributed by atoms with E-state index in [0.29, 0.717) is 22.7 Å². The van der Waals surface area contributed by atoms with Gasteiger partial charge in [-0.15, -0.1) is 11.3 Å². The van der Waals surface area contributed by atoms with Gasteiger partial charge < -0.3 is 15.4 Å². The molecule has 1 aromatic carbocycles. The Balaban J connectivity index is 1.67. The van der Waals surface area contributed by atoms with Gasteiger partial charge in [0.25, 0.3) is 0 Å². The lowest BCUT2D eigenvalue weighted by Gasteiger charge is -2.42. The average molecular weight is 476 g/mol. The summed E-state index contributed by atoms with van der Waals surface area (Å²) in [7, 11) is -1.97. The van der Waals surface area contributed by atoms with Gasteiger partial charge >= 0.3 is 0 Å². The second-order valence-corrected chi connectivity index (χ2v) is 12.3. The molecule has 32 heavy (non-hydrogen) atoms. The fraction of sp³-hybridized carbons (Fsp3) is 0.478. The van der Waals surface area contributed by atoms with Crippen LogP contribution in [0.1, 0.15) is 56.5 Å². The number of hydrogen-bond acceptors (Lipinski definition) is 7. The largest absolute Gasteiger partial charge is 0.497 e. The molecule has 0 fully saturated rings. The Morgan fingerprint density at radius 1 is 1.25 bits per heavy atom. The van der Waals surface area contributed by atoms with Crippen LogP contribution in [0.15, 0.2) is 29.2 Å². The topological polar surface area (TPSA) is 108 Å². The van der Waals surface area contributed by atoms with Crippen LogP contribution in [0.4, 0.5) is 5.00 Å². The molecule has 1 aromatic heterocycles. The highest BCUT2D eigenvalue weighted by Gasteiger charge is 2.40. The maximum absolute atomic E-state index is 12.5. The summed E-state index contributed by atoms with van der Waals surface area (Å²) in [6.45, 7) is 8.33. The lowest BCUT2D eigenvalue weighted by atomic mass is 9.81. The van der Waals surface area contributed by atoms with Crippen molar-refractivity contribution in [2.45, 2.75) is 62.9 Å². The molecule has 0 atom stereocenters. The van der Waals surface area contributed by atoms with E-state index in [1.807, 2.05) is 0 Å². The molecule has 0 radical (unpaired) electrons. The lowest BCUT2D eigenvalue weighted by Crippen LogP contribution is -2.54. The van der Waals surface area contributed by atoms with Crippen LogP contribution >= 0.6 is 11.3 Å². The molecule has 0 saturated heterocycles. The predicted molar refractivity (Wildman–Crippen MR) is 126 cm³/mol. The molecule has 0 aliphatic carbocycles. The van der Waals surface area contributed by atoms with Gasteiger partial charge in [0.2, 0.25) is 5.91 Å². The molecular formula is C23H29N3O4S2. The first-order valence-electron chi connectivity index (χ1n) is 10.4. The first-order valence-corrected chi connectivity index (χ1v) is 12.9. The summed E-state index contributed by atoms with van der Waals surface area (Å²) in [6.07, 6.45) is 0.935. The fourth-order valence-corrected chi connectivity index (χ4v) is 6.80. The Morgan fingerprint density at radius 2 is 1.91 bits per heavy atom. The number of nitrogens with one attached hydrogen (secondary N) is 2. The second-order valence-electron chi connectivity index (χ2n) is 9.18. The molecule has 2 N–H and O–H groups in total. The molecule has 0 saturated carbocycles. The number of benzene rings is 1. The maximum atomic E-state index is 12.5. The summed E-state index contributed by atoms with van der Waals surface area (Å²) in [4.78, 5) is 13.8. The molecule has 7 nitrogen and oxygen atoms in total. The Kier molecular flexibility index (Phi) is 6.70. The average Bonchev–Trinajstić information content (AvgIpc) is 3.03. The van der Waals surface area contributed by atoms with E-state index in [2.05, 4.69) is 44.4 Å². The van der Waals surface area contributed by atoms with Crippen molar-refractivity contribution < 1.29 is 17.9 Å². The van der Waals surface area contributed by atoms with Gasteiger partial charge in [-0.3, -0.25) is 4.79 Å². The van der Waals surface area contributed by atoms with Crippen LogP contribution in [-0.2, 0) is 26.6 Å². The van der Waals surface area contributed by atoms with Crippen LogP contribution in [0.2, 0.25) is 0 Å². The van der Waals surface area contributed by atoms with Crippen molar-refractivity contribution in [1.29, 1.82) is 5.26 Å². The third-order valence-electron chi connectivity index (χ3n) is 5.44. The van der Waals surface area contributed by atoms with Gasteiger partial charge in [-0.05, 0) is 70.4 Å². The Hall–Kier alpha value is -2.41. The summed E-state index contributed by atoms with van der Waals surface area (Å²) >= 11 is 1.41. The van der Waals surface area contributed by atoms with Gasteiger partial charge in [0, 0.05) is 22.4 Å². The minimum Gasteiger partial charge on any atom is -0.497 e. The van der Waals surface area contributed by atoms with Crippen LogP contribution in [0, 0.1) is 11.3 Å². The van der Waals surface area contributed by atoms with Crippen LogP contribution < -0.4 is 15.4 Å². The van der Waals surface area contributed by atoms with Gasteiger partial charge in [0.15, 0.2) is 9.84 Å². The van der Waals surface area contributed by atoms with Crippen LogP contribution in [-0.4, -0.2) is 32.7 Å². The highest BCUT2D eigenvalue weighted by Crippen LogP contribution is 2.44. The normalized spacial score (nSPS) is 16.6. The first-order chi connectivity index (χ1) is 14.9. The number of nitriles is 1. The molecule has 0 bridgehead atoms. The standard InChI is InChI=1S/C23H29N3O4S2/c1-22(2)13-17-18(14-24)21(31-20(17)23(3,4)26-22)25-19(27)7-6-12-32(28,29)16-10-8-15(30-5)9-11-16/h8-11,26H,6-7,12-13H2,1-5H3,(H,25,27). The van der Waals surface area contributed by atoms with Crippen molar-refractivity contribution in [2.75, 3.05) is 18.2 Å². The third kappa shape index (κ3) is 5.14. The van der Waals surface area contributed by atoms with Crippen LogP contribution in [0.3, 0.4) is 0 Å². The fourth-order valence-electron chi connectivity index (χ4n) is 4.25. The van der Waals surface area contributed by atoms with E-state index in [-0.39, 0.29) is 40.5 Å². The van der Waals surface area contributed by atoms with E-state index in [1.165, 1.54) is 30.6 Å². The number of rotatable bonds is 7. The number of ether oxygens (including phenoxy) is 1. The number of carbonyl (C=O) groups excluding carboxylic acids is 1. The van der Waals surface area contributed by atoms with E-state index in [4.69, 9.17) is 4.74 Å². The number of anilines is 1. The molecule has 2 heterocycles. The second kappa shape index (κ2) is 8.85. The van der Waals surface area contributed by atoms with Crippen molar-refractivity contribution in [3.05, 3.63) is 40.3 Å². The summed E-state index contributed by atoms with van der Waals surface area (Å²) in [5, 5.41) is 16.7. The van der Waals surface area contributed by atoms with Crippen molar-refractivity contribution in [2.24, 2.45) is 0 Å². The Labute approximate surface area is 193 Å². The number of fused-ring (bicyclic) bond motifs is 1. The highest BCUT2D eigenvalue weighted by molar-refractivity contribution is 7.91. The van der Waals surface area contributed by atoms with E-state index in [0.717, 1.165) is 10.4 Å². The molecule has 1 aliphatic rings. The highest BCUT2D eigenvalue weighted by atomic mass is 32.2. The maximum Gasteiger partial charge on any atom is 0.225 e. The molecule has 3 rings (SSSR count). The summed E-state index contributed by atoms with van der Waals surface area (Å²) in [5.41, 5.74) is 0.999. The number of amides is 1. The minimum absolute atomic E-state index is 0.0515. The Bertz CT molecular complexity index is 1160. The van der Waals surface area contributed by atoms with Gasteiger partial charge in [-0.2, -0.15) is 5.26 Å². The van der Waals surface area contributed by atoms with Crippen molar-refractivity contribution >= 4 is 32.1 Å². The molecule has 1 amide bonds. The van der Waals surface area contributed by atoms with Crippen LogP contribution in [0.25, 0.3) is 0 Å². The predicted octanol–water partition coefficient (Wildman–Crippen LogP) is 3.98. The number of hydrogen-bond donors (Lipinski definition) is 2. The van der Waals surface area contributed by atoms with Gasteiger partial charge in [-0.1, -0.05) is 0 Å². The SMILES string of the molecule is COc1ccc(S(=O)(=O)CCCC(=O)Nc2sc3c(c2C#N)CC(C)(C)NC3(C)C)cc1. The molecule has 172 valence electrons. The number of methoxy groups -OCH3 is 1. The van der Waals surface area contributed by atoms with Crippen molar-refractivity contribution in [3.63, 3.8) is 0 Å². The van der Waals surface area contributed by atoms with E-state index in [9.17, 15) is 18.5 Å². The number of nitrogens with zero attached hydrogens (tertiary/aromatic N) is 1.